The predicted octanol–water partition coefficient (Wildman–Crippen LogP) is 1.73. The molecular weight excluding hydrogens is 196 g/mol. The molecule has 0 aromatic heterocycles. The quantitative estimate of drug-likeness (QED) is 0.496. The molecule has 4 heteroatoms. The highest BCUT2D eigenvalue weighted by atomic mass is 28.2. The SMILES string of the molecule is C=C(CCC(CCC)[SiH2]OC)C(=O)O. The minimum Gasteiger partial charge on any atom is -0.478 e. The summed E-state index contributed by atoms with van der Waals surface area (Å²) < 4.78 is 5.21. The Morgan fingerprint density at radius 1 is 1.57 bits per heavy atom. The summed E-state index contributed by atoms with van der Waals surface area (Å²) in [6, 6.07) is 0. The van der Waals surface area contributed by atoms with Crippen molar-refractivity contribution in [2.45, 2.75) is 38.1 Å². The van der Waals surface area contributed by atoms with E-state index in [0.717, 1.165) is 19.3 Å². The molecule has 1 atom stereocenters. The van der Waals surface area contributed by atoms with Crippen LogP contribution in [0.15, 0.2) is 12.2 Å². The lowest BCUT2D eigenvalue weighted by molar-refractivity contribution is -0.132. The summed E-state index contributed by atoms with van der Waals surface area (Å²) in [5, 5.41) is 8.64. The first kappa shape index (κ1) is 13.4. The fraction of sp³-hybridized carbons (Fsp3) is 0.700. The maximum Gasteiger partial charge on any atom is 0.330 e. The molecule has 82 valence electrons. The van der Waals surface area contributed by atoms with Crippen molar-refractivity contribution in [3.05, 3.63) is 12.2 Å². The third-order valence-electron chi connectivity index (χ3n) is 2.26. The molecule has 0 aliphatic rings. The Hall–Kier alpha value is -0.613. The molecule has 0 aromatic rings. The van der Waals surface area contributed by atoms with Crippen LogP contribution in [0.4, 0.5) is 0 Å². The van der Waals surface area contributed by atoms with Crippen molar-refractivity contribution in [1.29, 1.82) is 0 Å². The fourth-order valence-electron chi connectivity index (χ4n) is 1.44. The maximum absolute atomic E-state index is 10.5. The van der Waals surface area contributed by atoms with E-state index in [1.807, 2.05) is 0 Å². The predicted molar refractivity (Wildman–Crippen MR) is 60.2 cm³/mol. The van der Waals surface area contributed by atoms with Crippen LogP contribution < -0.4 is 0 Å². The summed E-state index contributed by atoms with van der Waals surface area (Å²) in [6.45, 7) is 5.66. The van der Waals surface area contributed by atoms with Crippen LogP contribution in [0.1, 0.15) is 32.6 Å². The second-order valence-electron chi connectivity index (χ2n) is 3.56. The van der Waals surface area contributed by atoms with Crippen molar-refractivity contribution < 1.29 is 14.3 Å². The van der Waals surface area contributed by atoms with E-state index in [-0.39, 0.29) is 0 Å². The van der Waals surface area contributed by atoms with Gasteiger partial charge in [0.1, 0.15) is 0 Å². The molecular formula is C10H20O3Si. The highest BCUT2D eigenvalue weighted by Gasteiger charge is 2.11. The standard InChI is InChI=1S/C10H20O3Si/c1-4-5-9(14-13-3)7-6-8(2)10(11)12/h9H,2,4-7,14H2,1,3H3,(H,11,12). The molecule has 0 radical (unpaired) electrons. The van der Waals surface area contributed by atoms with Gasteiger partial charge in [0.15, 0.2) is 9.76 Å². The van der Waals surface area contributed by atoms with Crippen molar-refractivity contribution in [2.24, 2.45) is 0 Å². The summed E-state index contributed by atoms with van der Waals surface area (Å²) in [5.74, 6) is -0.876. The second-order valence-corrected chi connectivity index (χ2v) is 5.62. The van der Waals surface area contributed by atoms with Crippen LogP contribution in [0.3, 0.4) is 0 Å². The van der Waals surface area contributed by atoms with Crippen molar-refractivity contribution in [2.75, 3.05) is 7.11 Å². The fourth-order valence-corrected chi connectivity index (χ4v) is 2.86. The van der Waals surface area contributed by atoms with Crippen LogP contribution in [0.2, 0.25) is 5.54 Å². The minimum absolute atomic E-state index is 0.316. The first-order valence-electron chi connectivity index (χ1n) is 5.01. The first-order chi connectivity index (χ1) is 6.61. The topological polar surface area (TPSA) is 46.5 Å². The molecule has 0 amide bonds. The van der Waals surface area contributed by atoms with E-state index in [4.69, 9.17) is 9.53 Å². The molecule has 0 fully saturated rings. The smallest absolute Gasteiger partial charge is 0.330 e. The molecule has 0 heterocycles. The number of hydrogen-bond donors (Lipinski definition) is 1. The van der Waals surface area contributed by atoms with Crippen LogP contribution >= 0.6 is 0 Å². The lowest BCUT2D eigenvalue weighted by Gasteiger charge is -2.13. The summed E-state index contributed by atoms with van der Waals surface area (Å²) in [7, 11) is 1.26. The number of carbonyl (C=O) groups is 1. The molecule has 0 aromatic carbocycles. The average Bonchev–Trinajstić information content (AvgIpc) is 2.14. The zero-order valence-electron chi connectivity index (χ0n) is 9.08. The van der Waals surface area contributed by atoms with Gasteiger partial charge in [0.05, 0.1) is 0 Å². The highest BCUT2D eigenvalue weighted by molar-refractivity contribution is 6.29. The van der Waals surface area contributed by atoms with Crippen LogP contribution in [0.5, 0.6) is 0 Å². The van der Waals surface area contributed by atoms with Gasteiger partial charge in [-0.1, -0.05) is 26.3 Å². The van der Waals surface area contributed by atoms with E-state index < -0.39 is 15.7 Å². The number of rotatable bonds is 8. The molecule has 0 spiro atoms. The highest BCUT2D eigenvalue weighted by Crippen LogP contribution is 2.21. The van der Waals surface area contributed by atoms with Crippen molar-refractivity contribution in [1.82, 2.24) is 0 Å². The van der Waals surface area contributed by atoms with Crippen LogP contribution in [0.25, 0.3) is 0 Å². The van der Waals surface area contributed by atoms with Gasteiger partial charge in [-0.05, 0) is 18.4 Å². The van der Waals surface area contributed by atoms with E-state index in [9.17, 15) is 4.79 Å². The van der Waals surface area contributed by atoms with Crippen molar-refractivity contribution >= 4 is 15.7 Å². The van der Waals surface area contributed by atoms with Gasteiger partial charge in [0.2, 0.25) is 0 Å². The Morgan fingerprint density at radius 2 is 2.21 bits per heavy atom. The molecule has 0 bridgehead atoms. The number of carboxylic acids is 1. The molecule has 0 rings (SSSR count). The Kier molecular flexibility index (Phi) is 7.42. The molecule has 1 N–H and O–H groups in total. The molecule has 0 saturated carbocycles. The molecule has 14 heavy (non-hydrogen) atoms. The van der Waals surface area contributed by atoms with Gasteiger partial charge in [-0.3, -0.25) is 0 Å². The average molecular weight is 216 g/mol. The molecule has 3 nitrogen and oxygen atoms in total. The lowest BCUT2D eigenvalue weighted by Crippen LogP contribution is -2.08. The van der Waals surface area contributed by atoms with Crippen LogP contribution in [-0.4, -0.2) is 27.9 Å². The Bertz CT molecular complexity index is 186. The largest absolute Gasteiger partial charge is 0.478 e. The lowest BCUT2D eigenvalue weighted by atomic mass is 10.1. The van der Waals surface area contributed by atoms with Gasteiger partial charge in [0, 0.05) is 12.7 Å². The number of carboxylic acid groups (broad SMARTS) is 1. The van der Waals surface area contributed by atoms with Crippen molar-refractivity contribution in [3.63, 3.8) is 0 Å². The van der Waals surface area contributed by atoms with Crippen molar-refractivity contribution in [3.8, 4) is 0 Å². The second kappa shape index (κ2) is 7.76. The number of hydrogen-bond acceptors (Lipinski definition) is 2. The third kappa shape index (κ3) is 5.94. The van der Waals surface area contributed by atoms with E-state index in [2.05, 4.69) is 13.5 Å². The summed E-state index contributed by atoms with van der Waals surface area (Å²) in [4.78, 5) is 10.5. The Labute approximate surface area is 88.1 Å². The first-order valence-corrected chi connectivity index (χ1v) is 6.41. The zero-order chi connectivity index (χ0) is 11.0. The normalized spacial score (nSPS) is 13.3. The van der Waals surface area contributed by atoms with Gasteiger partial charge >= 0.3 is 5.97 Å². The van der Waals surface area contributed by atoms with E-state index in [0.29, 0.717) is 17.5 Å². The van der Waals surface area contributed by atoms with Crippen LogP contribution in [-0.2, 0) is 9.22 Å². The monoisotopic (exact) mass is 216 g/mol. The summed E-state index contributed by atoms with van der Waals surface area (Å²) >= 11 is 0. The Morgan fingerprint density at radius 3 is 2.64 bits per heavy atom. The van der Waals surface area contributed by atoms with Gasteiger partial charge in [-0.25, -0.2) is 4.79 Å². The zero-order valence-corrected chi connectivity index (χ0v) is 10.5. The number of aliphatic carboxylic acids is 1. The van der Waals surface area contributed by atoms with Gasteiger partial charge in [-0.15, -0.1) is 0 Å². The van der Waals surface area contributed by atoms with E-state index in [1.165, 1.54) is 0 Å². The molecule has 0 aliphatic carbocycles. The molecule has 1 unspecified atom stereocenters. The van der Waals surface area contributed by atoms with E-state index in [1.54, 1.807) is 7.11 Å². The Balaban J connectivity index is 3.80. The van der Waals surface area contributed by atoms with Crippen LogP contribution in [0, 0.1) is 0 Å². The molecule has 0 saturated heterocycles. The molecule has 0 aliphatic heterocycles. The minimum atomic E-state index is -0.876. The van der Waals surface area contributed by atoms with Gasteiger partial charge < -0.3 is 9.53 Å². The van der Waals surface area contributed by atoms with E-state index >= 15 is 0 Å². The summed E-state index contributed by atoms with van der Waals surface area (Å²) in [6.07, 6.45) is 3.79. The van der Waals surface area contributed by atoms with Gasteiger partial charge in [-0.2, -0.15) is 0 Å². The third-order valence-corrected chi connectivity index (χ3v) is 3.88. The maximum atomic E-state index is 10.5. The van der Waals surface area contributed by atoms with Gasteiger partial charge in [0.25, 0.3) is 0 Å². The summed E-state index contributed by atoms with van der Waals surface area (Å²) in [5.41, 5.74) is 0.914.